The van der Waals surface area contributed by atoms with Gasteiger partial charge in [-0.15, -0.1) is 0 Å². The fourth-order valence-electron chi connectivity index (χ4n) is 3.93. The molecule has 2 aliphatic rings. The highest BCUT2D eigenvalue weighted by molar-refractivity contribution is 5.98. The van der Waals surface area contributed by atoms with Crippen LogP contribution in [-0.4, -0.2) is 60.2 Å². The van der Waals surface area contributed by atoms with Crippen LogP contribution in [0.2, 0.25) is 0 Å². The molecule has 0 spiro atoms. The fraction of sp³-hybridized carbons (Fsp3) is 0.522. The van der Waals surface area contributed by atoms with Crippen LogP contribution in [0.1, 0.15) is 37.3 Å². The summed E-state index contributed by atoms with van der Waals surface area (Å²) in [5.74, 6) is 0.737. The number of benzene rings is 1. The topological polar surface area (TPSA) is 106 Å². The first-order valence-corrected chi connectivity index (χ1v) is 11.4. The third-order valence-corrected chi connectivity index (χ3v) is 5.67. The molecule has 0 radical (unpaired) electrons. The van der Waals surface area contributed by atoms with Crippen LogP contribution < -0.4 is 20.7 Å². The maximum atomic E-state index is 12.3. The van der Waals surface area contributed by atoms with Crippen molar-refractivity contribution >= 4 is 23.2 Å². The molecule has 1 fully saturated rings. The first-order valence-electron chi connectivity index (χ1n) is 11.4. The Morgan fingerprint density at radius 3 is 2.72 bits per heavy atom. The lowest BCUT2D eigenvalue weighted by Gasteiger charge is -2.27. The van der Waals surface area contributed by atoms with Crippen molar-refractivity contribution in [1.29, 1.82) is 0 Å². The normalized spacial score (nSPS) is 16.9. The number of hydrogen-bond donors (Lipinski definition) is 2. The van der Waals surface area contributed by atoms with Gasteiger partial charge in [0.2, 0.25) is 5.91 Å². The first kappa shape index (κ1) is 22.3. The second-order valence-corrected chi connectivity index (χ2v) is 8.22. The summed E-state index contributed by atoms with van der Waals surface area (Å²) >= 11 is 0. The van der Waals surface area contributed by atoms with E-state index in [0.717, 1.165) is 51.3 Å². The number of ether oxygens (including phenoxy) is 2. The second kappa shape index (κ2) is 10.6. The van der Waals surface area contributed by atoms with Crippen LogP contribution in [0, 0.1) is 0 Å². The summed E-state index contributed by atoms with van der Waals surface area (Å²) < 4.78 is 11.2. The molecule has 9 nitrogen and oxygen atoms in total. The third-order valence-electron chi connectivity index (χ3n) is 5.67. The molecular weight excluding hydrogens is 408 g/mol. The molecule has 0 atom stereocenters. The monoisotopic (exact) mass is 440 g/mol. The van der Waals surface area contributed by atoms with E-state index in [1.54, 1.807) is 0 Å². The van der Waals surface area contributed by atoms with Crippen molar-refractivity contribution in [3.05, 3.63) is 35.4 Å². The molecule has 1 aromatic carbocycles. The lowest BCUT2D eigenvalue weighted by molar-refractivity contribution is -0.115. The number of fused-ring (bicyclic) bond motifs is 1. The van der Waals surface area contributed by atoms with Crippen molar-refractivity contribution in [2.45, 2.75) is 39.3 Å². The van der Waals surface area contributed by atoms with Crippen LogP contribution in [0.25, 0.3) is 0 Å². The SMILES string of the molecule is CCCCOc1nc(N)c2c(n1)N(Cc1cccc(CN3CCOCC3)c1)CCC(=O)N2. The van der Waals surface area contributed by atoms with Gasteiger partial charge in [-0.05, 0) is 17.5 Å². The van der Waals surface area contributed by atoms with Gasteiger partial charge in [0.05, 0.1) is 19.8 Å². The van der Waals surface area contributed by atoms with Gasteiger partial charge in [-0.25, -0.2) is 0 Å². The maximum absolute atomic E-state index is 12.3. The van der Waals surface area contributed by atoms with Gasteiger partial charge in [0.25, 0.3) is 0 Å². The zero-order valence-electron chi connectivity index (χ0n) is 18.7. The Bertz CT molecular complexity index is 932. The number of nitrogens with one attached hydrogen (secondary N) is 1. The van der Waals surface area contributed by atoms with E-state index in [1.165, 1.54) is 5.56 Å². The molecular formula is C23H32N6O3. The van der Waals surface area contributed by atoms with Crippen LogP contribution in [0.5, 0.6) is 6.01 Å². The van der Waals surface area contributed by atoms with Crippen LogP contribution >= 0.6 is 0 Å². The summed E-state index contributed by atoms with van der Waals surface area (Å²) in [6.45, 7) is 8.16. The molecule has 4 rings (SSSR count). The Kier molecular flexibility index (Phi) is 7.39. The fourth-order valence-corrected chi connectivity index (χ4v) is 3.93. The number of rotatable bonds is 8. The van der Waals surface area contributed by atoms with Gasteiger partial charge in [-0.2, -0.15) is 9.97 Å². The molecule has 0 saturated carbocycles. The highest BCUT2D eigenvalue weighted by Gasteiger charge is 2.25. The number of nitrogens with zero attached hydrogens (tertiary/aromatic N) is 4. The average molecular weight is 441 g/mol. The number of amides is 1. The molecule has 0 unspecified atom stereocenters. The summed E-state index contributed by atoms with van der Waals surface area (Å²) in [5, 5.41) is 2.86. The minimum atomic E-state index is -0.0928. The van der Waals surface area contributed by atoms with Crippen molar-refractivity contribution in [3.63, 3.8) is 0 Å². The van der Waals surface area contributed by atoms with E-state index in [4.69, 9.17) is 15.2 Å². The third kappa shape index (κ3) is 5.66. The number of morpholine rings is 1. The molecule has 0 bridgehead atoms. The van der Waals surface area contributed by atoms with E-state index < -0.39 is 0 Å². The van der Waals surface area contributed by atoms with Gasteiger partial charge < -0.3 is 25.4 Å². The molecule has 3 heterocycles. The first-order chi connectivity index (χ1) is 15.6. The number of aromatic nitrogens is 2. The zero-order valence-corrected chi connectivity index (χ0v) is 18.7. The van der Waals surface area contributed by atoms with E-state index in [2.05, 4.69) is 56.3 Å². The molecule has 9 heteroatoms. The molecule has 172 valence electrons. The predicted octanol–water partition coefficient (Wildman–Crippen LogP) is 2.42. The van der Waals surface area contributed by atoms with Gasteiger partial charge in [0.1, 0.15) is 5.69 Å². The van der Waals surface area contributed by atoms with Crippen molar-refractivity contribution in [2.24, 2.45) is 0 Å². The summed E-state index contributed by atoms with van der Waals surface area (Å²) in [6.07, 6.45) is 2.29. The van der Waals surface area contributed by atoms with Crippen molar-refractivity contribution in [3.8, 4) is 6.01 Å². The Hall–Kier alpha value is -2.91. The van der Waals surface area contributed by atoms with Crippen molar-refractivity contribution < 1.29 is 14.3 Å². The van der Waals surface area contributed by atoms with Gasteiger partial charge >= 0.3 is 6.01 Å². The van der Waals surface area contributed by atoms with E-state index >= 15 is 0 Å². The van der Waals surface area contributed by atoms with E-state index in [9.17, 15) is 4.79 Å². The van der Waals surface area contributed by atoms with Crippen molar-refractivity contribution in [2.75, 3.05) is 55.4 Å². The largest absolute Gasteiger partial charge is 0.463 e. The quantitative estimate of drug-likeness (QED) is 0.603. The molecule has 2 aromatic rings. The maximum Gasteiger partial charge on any atom is 0.320 e. The minimum Gasteiger partial charge on any atom is -0.463 e. The molecule has 3 N–H and O–H groups in total. The van der Waals surface area contributed by atoms with E-state index in [1.807, 2.05) is 0 Å². The zero-order chi connectivity index (χ0) is 22.3. The molecule has 32 heavy (non-hydrogen) atoms. The second-order valence-electron chi connectivity index (χ2n) is 8.22. The number of nitrogen functional groups attached to an aromatic ring is 1. The predicted molar refractivity (Wildman–Crippen MR) is 124 cm³/mol. The molecule has 1 amide bonds. The van der Waals surface area contributed by atoms with Gasteiger partial charge in [-0.3, -0.25) is 9.69 Å². The van der Waals surface area contributed by atoms with Crippen LogP contribution in [0.4, 0.5) is 17.3 Å². The number of anilines is 3. The smallest absolute Gasteiger partial charge is 0.320 e. The summed E-state index contributed by atoms with van der Waals surface area (Å²) in [4.78, 5) is 25.6. The lowest BCUT2D eigenvalue weighted by atomic mass is 10.1. The summed E-state index contributed by atoms with van der Waals surface area (Å²) in [6, 6.07) is 8.81. The Balaban J connectivity index is 1.54. The lowest BCUT2D eigenvalue weighted by Crippen LogP contribution is -2.35. The number of nitrogens with two attached hydrogens (primary N) is 1. The molecule has 2 aliphatic heterocycles. The van der Waals surface area contributed by atoms with Crippen LogP contribution in [-0.2, 0) is 22.6 Å². The van der Waals surface area contributed by atoms with Gasteiger partial charge in [0, 0.05) is 39.1 Å². The minimum absolute atomic E-state index is 0.0928. The summed E-state index contributed by atoms with van der Waals surface area (Å²) in [7, 11) is 0. The number of unbranched alkanes of at least 4 members (excludes halogenated alkanes) is 1. The van der Waals surface area contributed by atoms with Crippen molar-refractivity contribution in [1.82, 2.24) is 14.9 Å². The van der Waals surface area contributed by atoms with Crippen LogP contribution in [0.3, 0.4) is 0 Å². The Morgan fingerprint density at radius 2 is 1.94 bits per heavy atom. The van der Waals surface area contributed by atoms with Gasteiger partial charge in [-0.1, -0.05) is 37.6 Å². The van der Waals surface area contributed by atoms with Crippen LogP contribution in [0.15, 0.2) is 24.3 Å². The van der Waals surface area contributed by atoms with E-state index in [0.29, 0.717) is 37.6 Å². The highest BCUT2D eigenvalue weighted by Crippen LogP contribution is 2.34. The summed E-state index contributed by atoms with van der Waals surface area (Å²) in [5.41, 5.74) is 9.05. The number of carbonyl (C=O) groups excluding carboxylic acids is 1. The Morgan fingerprint density at radius 1 is 1.16 bits per heavy atom. The molecule has 1 aromatic heterocycles. The Labute approximate surface area is 188 Å². The van der Waals surface area contributed by atoms with Gasteiger partial charge in [0.15, 0.2) is 11.6 Å². The van der Waals surface area contributed by atoms with E-state index in [-0.39, 0.29) is 17.7 Å². The number of hydrogen-bond acceptors (Lipinski definition) is 8. The number of carbonyl (C=O) groups is 1. The highest BCUT2D eigenvalue weighted by atomic mass is 16.5. The standard InChI is InChI=1S/C23H32N6O3/c1-2-3-11-32-23-26-21(24)20-22(27-23)29(8-7-19(30)25-20)16-18-6-4-5-17(14-18)15-28-9-12-31-13-10-28/h4-6,14H,2-3,7-13,15-16H2,1H3,(H,25,30)(H2,24,26,27). The molecule has 1 saturated heterocycles. The average Bonchev–Trinajstić information content (AvgIpc) is 2.94. The molecule has 0 aliphatic carbocycles.